The molecule has 1 fully saturated rings. The van der Waals surface area contributed by atoms with Gasteiger partial charge >= 0.3 is 6.09 Å². The van der Waals surface area contributed by atoms with Crippen molar-refractivity contribution in [1.82, 2.24) is 15.1 Å². The predicted octanol–water partition coefficient (Wildman–Crippen LogP) is 2.01. The smallest absolute Gasteiger partial charge is 0.410 e. The average Bonchev–Trinajstić information content (AvgIpc) is 2.66. The van der Waals surface area contributed by atoms with Crippen molar-refractivity contribution in [2.24, 2.45) is 0 Å². The van der Waals surface area contributed by atoms with Crippen LogP contribution in [0.15, 0.2) is 36.0 Å². The van der Waals surface area contributed by atoms with Crippen LogP contribution in [0.4, 0.5) is 4.79 Å². The molecule has 2 rings (SSSR count). The molecule has 8 nitrogen and oxygen atoms in total. The van der Waals surface area contributed by atoms with E-state index >= 15 is 0 Å². The standard InChI is InChI=1S/C21H28N4O4/c1-21(2,3)29-20(28)25-12-10-24(11-13-25)15-17(14-22)19(27)23-9-8-16-4-6-18(26)7-5-16/h4-7,15,26H,8-13H2,1-3H3,(H,23,27)/b17-15-. The first-order valence-corrected chi connectivity index (χ1v) is 9.58. The highest BCUT2D eigenvalue weighted by Gasteiger charge is 2.25. The zero-order valence-corrected chi connectivity index (χ0v) is 17.1. The molecule has 29 heavy (non-hydrogen) atoms. The third-order valence-corrected chi connectivity index (χ3v) is 4.28. The summed E-state index contributed by atoms with van der Waals surface area (Å²) in [6.45, 7) is 7.82. The van der Waals surface area contributed by atoms with Crippen LogP contribution >= 0.6 is 0 Å². The molecule has 1 aliphatic rings. The molecule has 1 aromatic rings. The first-order valence-electron chi connectivity index (χ1n) is 9.58. The van der Waals surface area contributed by atoms with Gasteiger partial charge in [-0.2, -0.15) is 5.26 Å². The predicted molar refractivity (Wildman–Crippen MR) is 108 cm³/mol. The zero-order valence-electron chi connectivity index (χ0n) is 17.1. The highest BCUT2D eigenvalue weighted by molar-refractivity contribution is 5.97. The maximum absolute atomic E-state index is 12.3. The third-order valence-electron chi connectivity index (χ3n) is 4.28. The van der Waals surface area contributed by atoms with E-state index in [-0.39, 0.29) is 17.4 Å². The quantitative estimate of drug-likeness (QED) is 0.579. The lowest BCUT2D eigenvalue weighted by Gasteiger charge is -2.35. The highest BCUT2D eigenvalue weighted by Crippen LogP contribution is 2.13. The lowest BCUT2D eigenvalue weighted by Crippen LogP contribution is -2.48. The second-order valence-electron chi connectivity index (χ2n) is 7.83. The van der Waals surface area contributed by atoms with Gasteiger partial charge in [0.05, 0.1) is 0 Å². The van der Waals surface area contributed by atoms with Gasteiger partial charge in [-0.1, -0.05) is 12.1 Å². The van der Waals surface area contributed by atoms with Gasteiger partial charge in [0.25, 0.3) is 5.91 Å². The minimum atomic E-state index is -0.541. The van der Waals surface area contributed by atoms with Crippen LogP contribution in [0.1, 0.15) is 26.3 Å². The highest BCUT2D eigenvalue weighted by atomic mass is 16.6. The van der Waals surface area contributed by atoms with Crippen molar-refractivity contribution in [2.45, 2.75) is 32.8 Å². The number of phenolic OH excluding ortho intramolecular Hbond substituents is 1. The van der Waals surface area contributed by atoms with Gasteiger partial charge in [-0.05, 0) is 44.9 Å². The number of nitrogens with one attached hydrogen (secondary N) is 1. The minimum Gasteiger partial charge on any atom is -0.508 e. The number of phenols is 1. The molecular formula is C21H28N4O4. The summed E-state index contributed by atoms with van der Waals surface area (Å²) >= 11 is 0. The monoisotopic (exact) mass is 400 g/mol. The van der Waals surface area contributed by atoms with E-state index in [0.29, 0.717) is 39.1 Å². The Morgan fingerprint density at radius 3 is 2.38 bits per heavy atom. The summed E-state index contributed by atoms with van der Waals surface area (Å²) in [7, 11) is 0. The number of hydrogen-bond acceptors (Lipinski definition) is 6. The van der Waals surface area contributed by atoms with Gasteiger partial charge in [0.15, 0.2) is 0 Å². The molecule has 1 heterocycles. The Morgan fingerprint density at radius 1 is 1.21 bits per heavy atom. The largest absolute Gasteiger partial charge is 0.508 e. The lowest BCUT2D eigenvalue weighted by molar-refractivity contribution is -0.117. The average molecular weight is 400 g/mol. The molecule has 0 saturated carbocycles. The number of piperazine rings is 1. The number of carbonyl (C=O) groups is 2. The normalized spacial score (nSPS) is 14.9. The molecule has 156 valence electrons. The van der Waals surface area contributed by atoms with E-state index in [0.717, 1.165) is 5.56 Å². The summed E-state index contributed by atoms with van der Waals surface area (Å²) < 4.78 is 5.36. The van der Waals surface area contributed by atoms with Gasteiger partial charge in [-0.25, -0.2) is 4.79 Å². The molecule has 0 atom stereocenters. The first kappa shape index (κ1) is 22.1. The summed E-state index contributed by atoms with van der Waals surface area (Å²) in [6, 6.07) is 8.69. The summed E-state index contributed by atoms with van der Waals surface area (Å²) in [5, 5.41) is 21.3. The van der Waals surface area contributed by atoms with Gasteiger partial charge in [0, 0.05) is 38.9 Å². The van der Waals surface area contributed by atoms with E-state index in [1.54, 1.807) is 35.4 Å². The van der Waals surface area contributed by atoms with E-state index in [4.69, 9.17) is 4.74 Å². The molecule has 0 spiro atoms. The molecule has 0 bridgehead atoms. The molecule has 0 aromatic heterocycles. The van der Waals surface area contributed by atoms with Crippen LogP contribution in [0.2, 0.25) is 0 Å². The van der Waals surface area contributed by atoms with E-state index in [1.165, 1.54) is 0 Å². The fourth-order valence-electron chi connectivity index (χ4n) is 2.76. The van der Waals surface area contributed by atoms with Crippen LogP contribution in [0, 0.1) is 11.3 Å². The van der Waals surface area contributed by atoms with E-state index in [9.17, 15) is 20.0 Å². The molecule has 1 saturated heterocycles. The van der Waals surface area contributed by atoms with Crippen molar-refractivity contribution >= 4 is 12.0 Å². The van der Waals surface area contributed by atoms with Crippen molar-refractivity contribution < 1.29 is 19.4 Å². The number of aromatic hydroxyl groups is 1. The zero-order chi connectivity index (χ0) is 21.4. The number of hydrogen-bond donors (Lipinski definition) is 2. The molecule has 1 aromatic carbocycles. The SMILES string of the molecule is CC(C)(C)OC(=O)N1CCN(/C=C(/C#N)C(=O)NCCc2ccc(O)cc2)CC1. The summed E-state index contributed by atoms with van der Waals surface area (Å²) in [5.41, 5.74) is 0.464. The Kier molecular flexibility index (Phi) is 7.48. The van der Waals surface area contributed by atoms with E-state index < -0.39 is 11.5 Å². The molecule has 0 radical (unpaired) electrons. The number of benzene rings is 1. The number of amides is 2. The van der Waals surface area contributed by atoms with Crippen molar-refractivity contribution in [3.63, 3.8) is 0 Å². The first-order chi connectivity index (χ1) is 13.7. The molecule has 2 N–H and O–H groups in total. The molecule has 8 heteroatoms. The number of nitriles is 1. The molecule has 0 unspecified atom stereocenters. The van der Waals surface area contributed by atoms with Crippen molar-refractivity contribution in [1.29, 1.82) is 5.26 Å². The van der Waals surface area contributed by atoms with Gasteiger partial charge in [0.2, 0.25) is 0 Å². The van der Waals surface area contributed by atoms with Gasteiger partial charge in [0.1, 0.15) is 23.0 Å². The van der Waals surface area contributed by atoms with Crippen molar-refractivity contribution in [3.05, 3.63) is 41.6 Å². The maximum atomic E-state index is 12.3. The van der Waals surface area contributed by atoms with Crippen LogP contribution < -0.4 is 5.32 Å². The van der Waals surface area contributed by atoms with Gasteiger partial charge < -0.3 is 25.0 Å². The van der Waals surface area contributed by atoms with Crippen molar-refractivity contribution in [3.8, 4) is 11.8 Å². The second kappa shape index (κ2) is 9.82. The fraction of sp³-hybridized carbons (Fsp3) is 0.476. The van der Waals surface area contributed by atoms with Crippen LogP contribution in [-0.4, -0.2) is 65.2 Å². The summed E-state index contributed by atoms with van der Waals surface area (Å²) in [6.07, 6.45) is 1.79. The van der Waals surface area contributed by atoms with E-state index in [2.05, 4.69) is 5.32 Å². The van der Waals surface area contributed by atoms with Crippen molar-refractivity contribution in [2.75, 3.05) is 32.7 Å². The maximum Gasteiger partial charge on any atom is 0.410 e. The molecular weight excluding hydrogens is 372 g/mol. The number of carbonyl (C=O) groups excluding carboxylic acids is 2. The van der Waals surface area contributed by atoms with Crippen LogP contribution in [0.3, 0.4) is 0 Å². The Morgan fingerprint density at radius 2 is 1.83 bits per heavy atom. The fourth-order valence-corrected chi connectivity index (χ4v) is 2.76. The summed E-state index contributed by atoms with van der Waals surface area (Å²) in [5.74, 6) is -0.236. The topological polar surface area (TPSA) is 106 Å². The van der Waals surface area contributed by atoms with E-state index in [1.807, 2.05) is 31.7 Å². The lowest BCUT2D eigenvalue weighted by atomic mass is 10.1. The third kappa shape index (κ3) is 7.37. The van der Waals surface area contributed by atoms with Gasteiger partial charge in [-0.3, -0.25) is 4.79 Å². The number of ether oxygens (including phenoxy) is 1. The Hall–Kier alpha value is -3.21. The van der Waals surface area contributed by atoms with Crippen LogP contribution in [0.25, 0.3) is 0 Å². The molecule has 0 aliphatic carbocycles. The number of rotatable bonds is 5. The second-order valence-corrected chi connectivity index (χ2v) is 7.83. The van der Waals surface area contributed by atoms with Crippen LogP contribution in [-0.2, 0) is 16.0 Å². The van der Waals surface area contributed by atoms with Crippen LogP contribution in [0.5, 0.6) is 5.75 Å². The van der Waals surface area contributed by atoms with Gasteiger partial charge in [-0.15, -0.1) is 0 Å². The Bertz CT molecular complexity index is 782. The molecule has 2 amide bonds. The number of nitrogens with zero attached hydrogens (tertiary/aromatic N) is 3. The molecule has 1 aliphatic heterocycles. The minimum absolute atomic E-state index is 0.0291. The summed E-state index contributed by atoms with van der Waals surface area (Å²) in [4.78, 5) is 27.9. The Balaban J connectivity index is 1.81. The Labute approximate surface area is 171 Å².